The first-order valence-electron chi connectivity index (χ1n) is 15.2. The van der Waals surface area contributed by atoms with E-state index in [9.17, 15) is 0 Å². The molecule has 0 bridgehead atoms. The van der Waals surface area contributed by atoms with Gasteiger partial charge in [0.1, 0.15) is 0 Å². The summed E-state index contributed by atoms with van der Waals surface area (Å²) in [7, 11) is 0. The lowest BCUT2D eigenvalue weighted by Gasteiger charge is -2.15. The third-order valence-electron chi connectivity index (χ3n) is 7.96. The third kappa shape index (κ3) is 8.12. The molecule has 39 heavy (non-hydrogen) atoms. The minimum absolute atomic E-state index is 1.19. The summed E-state index contributed by atoms with van der Waals surface area (Å²) in [5.74, 6) is 0. The topological polar surface area (TPSA) is 0 Å². The zero-order valence-electron chi connectivity index (χ0n) is 24.6. The number of rotatable bonds is 14. The van der Waals surface area contributed by atoms with Crippen LogP contribution in [0.2, 0.25) is 0 Å². The van der Waals surface area contributed by atoms with Gasteiger partial charge >= 0.3 is 0 Å². The molecule has 0 radical (unpaired) electrons. The van der Waals surface area contributed by atoms with Crippen molar-refractivity contribution in [3.63, 3.8) is 0 Å². The van der Waals surface area contributed by atoms with Gasteiger partial charge in [-0.05, 0) is 96.2 Å². The van der Waals surface area contributed by atoms with Crippen LogP contribution in [0.15, 0.2) is 94.7 Å². The van der Waals surface area contributed by atoms with Crippen LogP contribution in [-0.2, 0) is 12.8 Å². The average Bonchev–Trinajstić information content (AvgIpc) is 2.96. The van der Waals surface area contributed by atoms with Gasteiger partial charge in [-0.2, -0.15) is 0 Å². The van der Waals surface area contributed by atoms with Crippen molar-refractivity contribution >= 4 is 11.8 Å². The van der Waals surface area contributed by atoms with Gasteiger partial charge in [0.2, 0.25) is 0 Å². The summed E-state index contributed by atoms with van der Waals surface area (Å²) in [5, 5.41) is 0. The number of unbranched alkanes of at least 4 members (excludes halogenated alkanes) is 6. The van der Waals surface area contributed by atoms with Crippen molar-refractivity contribution in [3.05, 3.63) is 107 Å². The lowest BCUT2D eigenvalue weighted by atomic mass is 9.98. The first-order chi connectivity index (χ1) is 19.1. The molecular formula is C38H46S. The highest BCUT2D eigenvalue weighted by Gasteiger charge is 2.12. The summed E-state index contributed by atoms with van der Waals surface area (Å²) in [6.45, 7) is 9.09. The molecule has 0 saturated heterocycles. The summed E-state index contributed by atoms with van der Waals surface area (Å²) in [4.78, 5) is 2.66. The summed E-state index contributed by atoms with van der Waals surface area (Å²) >= 11 is 1.90. The second-order valence-corrected chi connectivity index (χ2v) is 12.1. The van der Waals surface area contributed by atoms with Crippen LogP contribution in [0.3, 0.4) is 0 Å². The second-order valence-electron chi connectivity index (χ2n) is 11.0. The van der Waals surface area contributed by atoms with Gasteiger partial charge in [0.05, 0.1) is 0 Å². The number of hydrogen-bond acceptors (Lipinski definition) is 1. The van der Waals surface area contributed by atoms with E-state index in [-0.39, 0.29) is 0 Å². The van der Waals surface area contributed by atoms with Gasteiger partial charge in [-0.25, -0.2) is 0 Å². The molecule has 0 amide bonds. The molecule has 0 atom stereocenters. The Hall–Kier alpha value is -2.77. The van der Waals surface area contributed by atoms with E-state index >= 15 is 0 Å². The van der Waals surface area contributed by atoms with E-state index in [0.717, 1.165) is 0 Å². The van der Waals surface area contributed by atoms with Crippen molar-refractivity contribution in [1.82, 2.24) is 0 Å². The number of benzene rings is 4. The Balaban J connectivity index is 1.47. The highest BCUT2D eigenvalue weighted by Crippen LogP contribution is 2.39. The SMILES string of the molecule is CCCCCCc1ccc(-c2cccc(Sc3cccc(-c4ccc(CCCCCC)cc4)c3C)c2C)cc1. The number of hydrogen-bond donors (Lipinski definition) is 0. The molecule has 4 aromatic rings. The molecule has 1 heteroatoms. The van der Waals surface area contributed by atoms with Crippen LogP contribution in [-0.4, -0.2) is 0 Å². The molecule has 0 unspecified atom stereocenters. The molecule has 0 aliphatic rings. The van der Waals surface area contributed by atoms with Crippen molar-refractivity contribution in [2.75, 3.05) is 0 Å². The van der Waals surface area contributed by atoms with Gasteiger partial charge in [-0.15, -0.1) is 0 Å². The maximum Gasteiger partial charge on any atom is 0.0157 e. The van der Waals surface area contributed by atoms with Crippen LogP contribution >= 0.6 is 11.8 Å². The van der Waals surface area contributed by atoms with E-state index in [1.165, 1.54) is 119 Å². The van der Waals surface area contributed by atoms with Gasteiger partial charge in [0, 0.05) is 9.79 Å². The normalized spacial score (nSPS) is 11.2. The largest absolute Gasteiger partial charge is 0.0895 e. The maximum absolute atomic E-state index is 2.32. The summed E-state index contributed by atoms with van der Waals surface area (Å²) in [5.41, 5.74) is 10.9. The quantitative estimate of drug-likeness (QED) is 0.145. The predicted molar refractivity (Wildman–Crippen MR) is 173 cm³/mol. The molecule has 0 N–H and O–H groups in total. The van der Waals surface area contributed by atoms with Crippen LogP contribution in [0, 0.1) is 13.8 Å². The molecule has 0 aliphatic heterocycles. The fourth-order valence-corrected chi connectivity index (χ4v) is 6.46. The Morgan fingerprint density at radius 2 is 0.872 bits per heavy atom. The predicted octanol–water partition coefficient (Wildman–Crippen LogP) is 12.0. The average molecular weight is 535 g/mol. The molecular weight excluding hydrogens is 488 g/mol. The van der Waals surface area contributed by atoms with Crippen LogP contribution in [0.25, 0.3) is 22.3 Å². The summed E-state index contributed by atoms with van der Waals surface area (Å²) in [6, 6.07) is 32.0. The fourth-order valence-electron chi connectivity index (χ4n) is 5.41. The second kappa shape index (κ2) is 15.1. The first kappa shape index (κ1) is 29.2. The van der Waals surface area contributed by atoms with E-state index in [2.05, 4.69) is 113 Å². The lowest BCUT2D eigenvalue weighted by Crippen LogP contribution is -1.91. The molecule has 0 aromatic heterocycles. The Morgan fingerprint density at radius 1 is 0.462 bits per heavy atom. The van der Waals surface area contributed by atoms with E-state index in [1.807, 2.05) is 11.8 Å². The van der Waals surface area contributed by atoms with Crippen molar-refractivity contribution in [2.24, 2.45) is 0 Å². The molecule has 0 nitrogen and oxygen atoms in total. The maximum atomic E-state index is 2.32. The molecule has 0 spiro atoms. The number of aryl methyl sites for hydroxylation is 2. The highest BCUT2D eigenvalue weighted by atomic mass is 32.2. The first-order valence-corrected chi connectivity index (χ1v) is 16.0. The zero-order chi connectivity index (χ0) is 27.5. The van der Waals surface area contributed by atoms with Crippen molar-refractivity contribution < 1.29 is 0 Å². The molecule has 204 valence electrons. The minimum atomic E-state index is 1.19. The minimum Gasteiger partial charge on any atom is -0.0895 e. The van der Waals surface area contributed by atoms with Gasteiger partial charge in [0.25, 0.3) is 0 Å². The smallest absolute Gasteiger partial charge is 0.0157 e. The molecule has 0 fully saturated rings. The molecule has 0 saturated carbocycles. The third-order valence-corrected chi connectivity index (χ3v) is 9.28. The van der Waals surface area contributed by atoms with Gasteiger partial charge < -0.3 is 0 Å². The van der Waals surface area contributed by atoms with Gasteiger partial charge in [-0.1, -0.05) is 137 Å². The summed E-state index contributed by atoms with van der Waals surface area (Å²) < 4.78 is 0. The van der Waals surface area contributed by atoms with E-state index in [1.54, 1.807) is 0 Å². The highest BCUT2D eigenvalue weighted by molar-refractivity contribution is 7.99. The standard InChI is InChI=1S/C38H46S/c1-5-7-9-11-15-31-21-25-33(26-22-31)35-17-13-19-37(29(35)3)39-38-20-14-18-36(30(38)4)34-27-23-32(24-28-34)16-12-10-8-6-2/h13-14,17-28H,5-12,15-16H2,1-4H3. The van der Waals surface area contributed by atoms with Crippen molar-refractivity contribution in [3.8, 4) is 22.3 Å². The monoisotopic (exact) mass is 534 g/mol. The van der Waals surface area contributed by atoms with Crippen LogP contribution in [0.4, 0.5) is 0 Å². The zero-order valence-corrected chi connectivity index (χ0v) is 25.4. The molecule has 4 rings (SSSR count). The summed E-state index contributed by atoms with van der Waals surface area (Å²) in [6.07, 6.45) is 12.9. The van der Waals surface area contributed by atoms with Gasteiger partial charge in [-0.3, -0.25) is 0 Å². The molecule has 0 heterocycles. The molecule has 0 aliphatic carbocycles. The Kier molecular flexibility index (Phi) is 11.3. The van der Waals surface area contributed by atoms with Crippen molar-refractivity contribution in [1.29, 1.82) is 0 Å². The van der Waals surface area contributed by atoms with E-state index < -0.39 is 0 Å². The van der Waals surface area contributed by atoms with Crippen LogP contribution in [0.5, 0.6) is 0 Å². The van der Waals surface area contributed by atoms with Crippen LogP contribution in [0.1, 0.15) is 87.5 Å². The fraction of sp³-hybridized carbons (Fsp3) is 0.368. The van der Waals surface area contributed by atoms with Gasteiger partial charge in [0.15, 0.2) is 0 Å². The van der Waals surface area contributed by atoms with E-state index in [4.69, 9.17) is 0 Å². The molecule has 4 aromatic carbocycles. The Morgan fingerprint density at radius 3 is 1.26 bits per heavy atom. The Bertz CT molecular complexity index is 1190. The lowest BCUT2D eigenvalue weighted by molar-refractivity contribution is 0.667. The van der Waals surface area contributed by atoms with Crippen LogP contribution < -0.4 is 0 Å². The van der Waals surface area contributed by atoms with Crippen molar-refractivity contribution in [2.45, 2.75) is 102 Å². The van der Waals surface area contributed by atoms with E-state index in [0.29, 0.717) is 0 Å². The Labute approximate surface area is 242 Å².